The lowest BCUT2D eigenvalue weighted by Crippen LogP contribution is -2.28. The molecule has 0 radical (unpaired) electrons. The normalized spacial score (nSPS) is 12.5. The molecule has 0 amide bonds. The second-order valence-corrected chi connectivity index (χ2v) is 4.32. The number of nitrogens with two attached hydrogens (primary N) is 1. The minimum atomic E-state index is 0.0844. The lowest BCUT2D eigenvalue weighted by Gasteiger charge is -2.18. The van der Waals surface area contributed by atoms with Crippen LogP contribution >= 0.6 is 11.6 Å². The van der Waals surface area contributed by atoms with Crippen LogP contribution in [0.25, 0.3) is 0 Å². The Labute approximate surface area is 96.1 Å². The van der Waals surface area contributed by atoms with Crippen molar-refractivity contribution in [1.29, 1.82) is 0 Å². The molecule has 0 bridgehead atoms. The Morgan fingerprint density at radius 1 is 1.60 bits per heavy atom. The number of hydrogen-bond donors (Lipinski definition) is 2. The van der Waals surface area contributed by atoms with Gasteiger partial charge in [-0.1, -0.05) is 23.2 Å². The van der Waals surface area contributed by atoms with Crippen LogP contribution in [0.15, 0.2) is 30.4 Å². The first-order valence-corrected chi connectivity index (χ1v) is 5.29. The van der Waals surface area contributed by atoms with E-state index in [1.165, 1.54) is 5.56 Å². The van der Waals surface area contributed by atoms with Gasteiger partial charge in [0.15, 0.2) is 0 Å². The third-order valence-corrected chi connectivity index (χ3v) is 2.61. The molecule has 0 aliphatic rings. The van der Waals surface area contributed by atoms with Crippen molar-refractivity contribution in [3.63, 3.8) is 0 Å². The molecule has 1 rings (SSSR count). The Hall–Kier alpha value is -0.830. The van der Waals surface area contributed by atoms with Gasteiger partial charge >= 0.3 is 0 Å². The Morgan fingerprint density at radius 2 is 2.27 bits per heavy atom. The van der Waals surface area contributed by atoms with Crippen LogP contribution in [-0.2, 0) is 0 Å². The molecule has 2 nitrogen and oxygen atoms in total. The number of hydrogen-bond acceptors (Lipinski definition) is 2. The molecule has 82 valence electrons. The van der Waals surface area contributed by atoms with Gasteiger partial charge in [0.25, 0.3) is 0 Å². The van der Waals surface area contributed by atoms with E-state index in [9.17, 15) is 0 Å². The van der Waals surface area contributed by atoms with Crippen LogP contribution in [0.2, 0.25) is 5.02 Å². The second-order valence-electron chi connectivity index (χ2n) is 3.88. The summed E-state index contributed by atoms with van der Waals surface area (Å²) in [6.07, 6.45) is 0.817. The molecule has 1 atom stereocenters. The molecule has 0 spiro atoms. The fourth-order valence-electron chi connectivity index (χ4n) is 1.59. The molecule has 0 aliphatic heterocycles. The highest BCUT2D eigenvalue weighted by Gasteiger charge is 2.12. The number of halogens is 1. The number of hydrazine groups is 1. The number of nitrogens with one attached hydrogen (secondary N) is 1. The van der Waals surface area contributed by atoms with Crippen molar-refractivity contribution in [3.05, 3.63) is 46.5 Å². The quantitative estimate of drug-likeness (QED) is 0.469. The largest absolute Gasteiger partial charge is 0.271 e. The topological polar surface area (TPSA) is 38.0 Å². The molecular formula is C12H17ClN2. The van der Waals surface area contributed by atoms with E-state index < -0.39 is 0 Å². The number of aryl methyl sites for hydroxylation is 1. The van der Waals surface area contributed by atoms with Crippen molar-refractivity contribution >= 4 is 11.6 Å². The Morgan fingerprint density at radius 3 is 2.80 bits per heavy atom. The average molecular weight is 225 g/mol. The van der Waals surface area contributed by atoms with Crippen molar-refractivity contribution < 1.29 is 0 Å². The average Bonchev–Trinajstić information content (AvgIpc) is 2.18. The third kappa shape index (κ3) is 3.34. The molecule has 1 aromatic rings. The molecule has 1 aromatic carbocycles. The van der Waals surface area contributed by atoms with Gasteiger partial charge in [-0.3, -0.25) is 11.3 Å². The highest BCUT2D eigenvalue weighted by Crippen LogP contribution is 2.25. The van der Waals surface area contributed by atoms with Gasteiger partial charge in [-0.2, -0.15) is 0 Å². The van der Waals surface area contributed by atoms with Gasteiger partial charge in [0.1, 0.15) is 0 Å². The predicted molar refractivity (Wildman–Crippen MR) is 65.7 cm³/mol. The molecule has 3 heteroatoms. The molecular weight excluding hydrogens is 208 g/mol. The van der Waals surface area contributed by atoms with E-state index in [2.05, 4.69) is 18.9 Å². The standard InChI is InChI=1S/C12H17ClN2/c1-8(2)6-12(15-14)11-7-10(13)5-4-9(11)3/h4-5,7,12,15H,1,6,14H2,2-3H3. The summed E-state index contributed by atoms with van der Waals surface area (Å²) in [5.74, 6) is 5.54. The zero-order valence-electron chi connectivity index (χ0n) is 9.18. The fraction of sp³-hybridized carbons (Fsp3) is 0.333. The summed E-state index contributed by atoms with van der Waals surface area (Å²) in [5, 5.41) is 0.734. The van der Waals surface area contributed by atoms with Gasteiger partial charge in [-0.25, -0.2) is 0 Å². The zero-order chi connectivity index (χ0) is 11.4. The predicted octanol–water partition coefficient (Wildman–Crippen LogP) is 3.12. The Kier molecular flexibility index (Phi) is 4.33. The van der Waals surface area contributed by atoms with Crippen molar-refractivity contribution in [2.45, 2.75) is 26.3 Å². The van der Waals surface area contributed by atoms with Crippen molar-refractivity contribution in [3.8, 4) is 0 Å². The molecule has 0 aromatic heterocycles. The molecule has 3 N–H and O–H groups in total. The first-order chi connectivity index (χ1) is 7.04. The monoisotopic (exact) mass is 224 g/mol. The maximum Gasteiger partial charge on any atom is 0.0499 e. The summed E-state index contributed by atoms with van der Waals surface area (Å²) >= 11 is 5.96. The zero-order valence-corrected chi connectivity index (χ0v) is 9.93. The summed E-state index contributed by atoms with van der Waals surface area (Å²) < 4.78 is 0. The summed E-state index contributed by atoms with van der Waals surface area (Å²) in [6.45, 7) is 7.93. The van der Waals surface area contributed by atoms with Gasteiger partial charge < -0.3 is 0 Å². The summed E-state index contributed by atoms with van der Waals surface area (Å²) in [7, 11) is 0. The number of benzene rings is 1. The number of rotatable bonds is 4. The lowest BCUT2D eigenvalue weighted by atomic mass is 9.97. The lowest BCUT2D eigenvalue weighted by molar-refractivity contribution is 0.548. The van der Waals surface area contributed by atoms with Gasteiger partial charge in [0.2, 0.25) is 0 Å². The van der Waals surface area contributed by atoms with Crippen LogP contribution in [0.1, 0.15) is 30.5 Å². The highest BCUT2D eigenvalue weighted by molar-refractivity contribution is 6.30. The minimum Gasteiger partial charge on any atom is -0.271 e. The summed E-state index contributed by atoms with van der Waals surface area (Å²) in [4.78, 5) is 0. The molecule has 0 fully saturated rings. The molecule has 0 saturated heterocycles. The van der Waals surface area contributed by atoms with Crippen molar-refractivity contribution in [2.75, 3.05) is 0 Å². The van der Waals surface area contributed by atoms with E-state index in [-0.39, 0.29) is 6.04 Å². The third-order valence-electron chi connectivity index (χ3n) is 2.37. The van der Waals surface area contributed by atoms with E-state index >= 15 is 0 Å². The van der Waals surface area contributed by atoms with E-state index in [0.29, 0.717) is 0 Å². The van der Waals surface area contributed by atoms with Crippen LogP contribution < -0.4 is 11.3 Å². The van der Waals surface area contributed by atoms with Crippen LogP contribution in [0, 0.1) is 6.92 Å². The van der Waals surface area contributed by atoms with Crippen molar-refractivity contribution in [2.24, 2.45) is 5.84 Å². The smallest absolute Gasteiger partial charge is 0.0499 e. The van der Waals surface area contributed by atoms with Crippen LogP contribution in [0.4, 0.5) is 0 Å². The van der Waals surface area contributed by atoms with Gasteiger partial charge in [-0.05, 0) is 43.5 Å². The van der Waals surface area contributed by atoms with E-state index in [0.717, 1.165) is 22.6 Å². The minimum absolute atomic E-state index is 0.0844. The second kappa shape index (κ2) is 5.31. The molecule has 0 saturated carbocycles. The maximum atomic E-state index is 5.96. The summed E-state index contributed by atoms with van der Waals surface area (Å²) in [5.41, 5.74) is 6.21. The molecule has 1 unspecified atom stereocenters. The highest BCUT2D eigenvalue weighted by atomic mass is 35.5. The first-order valence-electron chi connectivity index (χ1n) is 4.91. The SMILES string of the molecule is C=C(C)CC(NN)c1cc(Cl)ccc1C. The van der Waals surface area contributed by atoms with Crippen LogP contribution in [0.3, 0.4) is 0 Å². The summed E-state index contributed by atoms with van der Waals surface area (Å²) in [6, 6.07) is 5.92. The van der Waals surface area contributed by atoms with Crippen LogP contribution in [0.5, 0.6) is 0 Å². The van der Waals surface area contributed by atoms with E-state index in [1.54, 1.807) is 0 Å². The Balaban J connectivity index is 3.00. The van der Waals surface area contributed by atoms with Gasteiger partial charge in [0, 0.05) is 11.1 Å². The van der Waals surface area contributed by atoms with E-state index in [4.69, 9.17) is 17.4 Å². The van der Waals surface area contributed by atoms with Crippen LogP contribution in [-0.4, -0.2) is 0 Å². The first kappa shape index (κ1) is 12.2. The molecule has 0 heterocycles. The Bertz CT molecular complexity index is 361. The van der Waals surface area contributed by atoms with Crippen molar-refractivity contribution in [1.82, 2.24) is 5.43 Å². The fourth-order valence-corrected chi connectivity index (χ4v) is 1.77. The van der Waals surface area contributed by atoms with Gasteiger partial charge in [0.05, 0.1) is 0 Å². The van der Waals surface area contributed by atoms with Gasteiger partial charge in [-0.15, -0.1) is 6.58 Å². The molecule has 0 aliphatic carbocycles. The molecule has 15 heavy (non-hydrogen) atoms. The van der Waals surface area contributed by atoms with E-state index in [1.807, 2.05) is 25.1 Å². The maximum absolute atomic E-state index is 5.96.